The summed E-state index contributed by atoms with van der Waals surface area (Å²) in [6.45, 7) is 10.7. The van der Waals surface area contributed by atoms with E-state index in [9.17, 15) is 0 Å². The van der Waals surface area contributed by atoms with Gasteiger partial charge in [-0.25, -0.2) is 0 Å². The Bertz CT molecular complexity index is 604. The Hall–Kier alpha value is -1.80. The Kier molecular flexibility index (Phi) is 8.70. The molecule has 0 aliphatic rings. The van der Waals surface area contributed by atoms with Gasteiger partial charge in [0.1, 0.15) is 5.75 Å². The highest BCUT2D eigenvalue weighted by molar-refractivity contribution is 5.29. The average Bonchev–Trinajstić information content (AvgIpc) is 2.62. The Morgan fingerprint density at radius 1 is 0.808 bits per heavy atom. The summed E-state index contributed by atoms with van der Waals surface area (Å²) >= 11 is 0. The normalized spacial score (nSPS) is 12.5. The summed E-state index contributed by atoms with van der Waals surface area (Å²) < 4.78 is 5.78. The van der Waals surface area contributed by atoms with Gasteiger partial charge in [0.15, 0.2) is 0 Å². The van der Waals surface area contributed by atoms with Gasteiger partial charge in [-0.05, 0) is 68.3 Å². The lowest BCUT2D eigenvalue weighted by molar-refractivity contribution is 0.242. The molecule has 0 heterocycles. The van der Waals surface area contributed by atoms with E-state index in [1.165, 1.54) is 30.4 Å². The van der Waals surface area contributed by atoms with Crippen LogP contribution in [0.1, 0.15) is 64.0 Å². The zero-order chi connectivity index (χ0) is 18.8. The molecular formula is C24H35NO. The van der Waals surface area contributed by atoms with Gasteiger partial charge < -0.3 is 10.1 Å². The summed E-state index contributed by atoms with van der Waals surface area (Å²) in [5.41, 5.74) is 2.78. The van der Waals surface area contributed by atoms with Gasteiger partial charge in [-0.1, -0.05) is 62.7 Å². The summed E-state index contributed by atoms with van der Waals surface area (Å²) in [4.78, 5) is 0. The summed E-state index contributed by atoms with van der Waals surface area (Å²) in [5, 5.41) is 3.60. The van der Waals surface area contributed by atoms with Gasteiger partial charge in [0.05, 0.1) is 6.10 Å². The molecule has 2 aromatic carbocycles. The molecule has 0 aromatic heterocycles. The second kappa shape index (κ2) is 11.0. The molecule has 0 aliphatic heterocycles. The van der Waals surface area contributed by atoms with Crippen molar-refractivity contribution in [3.05, 3.63) is 65.7 Å². The number of nitrogens with one attached hydrogen (secondary N) is 1. The summed E-state index contributed by atoms with van der Waals surface area (Å²) in [6, 6.07) is 19.4. The van der Waals surface area contributed by atoms with Gasteiger partial charge in [-0.3, -0.25) is 0 Å². The zero-order valence-electron chi connectivity index (χ0n) is 16.9. The van der Waals surface area contributed by atoms with Crippen LogP contribution in [0.3, 0.4) is 0 Å². The molecule has 0 saturated heterocycles. The maximum atomic E-state index is 5.78. The molecule has 0 radical (unpaired) electrons. The number of benzene rings is 2. The molecule has 0 saturated carbocycles. The molecule has 1 N–H and O–H groups in total. The van der Waals surface area contributed by atoms with Gasteiger partial charge in [-0.15, -0.1) is 0 Å². The number of hydrogen-bond acceptors (Lipinski definition) is 2. The lowest BCUT2D eigenvalue weighted by Crippen LogP contribution is -2.17. The average molecular weight is 354 g/mol. The highest BCUT2D eigenvalue weighted by Gasteiger charge is 2.13. The fourth-order valence-corrected chi connectivity index (χ4v) is 3.21. The van der Waals surface area contributed by atoms with Gasteiger partial charge in [0, 0.05) is 6.54 Å². The van der Waals surface area contributed by atoms with Crippen LogP contribution in [0.25, 0.3) is 0 Å². The molecule has 2 nitrogen and oxygen atoms in total. The van der Waals surface area contributed by atoms with E-state index in [1.807, 2.05) is 0 Å². The number of hydrogen-bond donors (Lipinski definition) is 1. The van der Waals surface area contributed by atoms with E-state index in [-0.39, 0.29) is 6.10 Å². The van der Waals surface area contributed by atoms with Crippen molar-refractivity contribution in [1.29, 1.82) is 0 Å². The standard InChI is InChI=1S/C24H35NO/c1-19(2)10-11-23(16-17-25-18-21-8-6-5-7-9-21)22-12-14-24(15-13-22)26-20(3)4/h5-9,12-15,19-20,23,25H,10-11,16-18H2,1-4H3/t23-/m1/s1. The topological polar surface area (TPSA) is 21.3 Å². The van der Waals surface area contributed by atoms with Gasteiger partial charge in [0.25, 0.3) is 0 Å². The summed E-state index contributed by atoms with van der Waals surface area (Å²) in [5.74, 6) is 2.32. The van der Waals surface area contributed by atoms with Crippen LogP contribution in [-0.2, 0) is 6.54 Å². The monoisotopic (exact) mass is 353 g/mol. The fraction of sp³-hybridized carbons (Fsp3) is 0.500. The molecule has 2 heteroatoms. The fourth-order valence-electron chi connectivity index (χ4n) is 3.21. The van der Waals surface area contributed by atoms with Crippen LogP contribution < -0.4 is 10.1 Å². The molecule has 0 spiro atoms. The van der Waals surface area contributed by atoms with E-state index in [0.29, 0.717) is 5.92 Å². The predicted molar refractivity (Wildman–Crippen MR) is 112 cm³/mol. The van der Waals surface area contributed by atoms with Crippen LogP contribution >= 0.6 is 0 Å². The third-order valence-corrected chi connectivity index (χ3v) is 4.66. The van der Waals surface area contributed by atoms with Crippen LogP contribution in [0.5, 0.6) is 5.75 Å². The molecule has 0 unspecified atom stereocenters. The van der Waals surface area contributed by atoms with Crippen LogP contribution in [0.2, 0.25) is 0 Å². The van der Waals surface area contributed by atoms with Crippen molar-refractivity contribution in [3.63, 3.8) is 0 Å². The minimum atomic E-state index is 0.222. The van der Waals surface area contributed by atoms with Crippen molar-refractivity contribution < 1.29 is 4.74 Å². The van der Waals surface area contributed by atoms with Crippen molar-refractivity contribution >= 4 is 0 Å². The number of rotatable bonds is 11. The molecule has 1 atom stereocenters. The van der Waals surface area contributed by atoms with Crippen LogP contribution in [0.4, 0.5) is 0 Å². The summed E-state index contributed by atoms with van der Waals surface area (Å²) in [7, 11) is 0. The largest absolute Gasteiger partial charge is 0.491 e. The molecule has 0 bridgehead atoms. The smallest absolute Gasteiger partial charge is 0.119 e. The minimum absolute atomic E-state index is 0.222. The van der Waals surface area contributed by atoms with E-state index in [1.54, 1.807) is 0 Å². The minimum Gasteiger partial charge on any atom is -0.491 e. The Morgan fingerprint density at radius 3 is 2.12 bits per heavy atom. The van der Waals surface area contributed by atoms with Crippen LogP contribution in [-0.4, -0.2) is 12.6 Å². The van der Waals surface area contributed by atoms with E-state index >= 15 is 0 Å². The van der Waals surface area contributed by atoms with Crippen molar-refractivity contribution in [1.82, 2.24) is 5.32 Å². The highest BCUT2D eigenvalue weighted by atomic mass is 16.5. The molecule has 0 fully saturated rings. The van der Waals surface area contributed by atoms with E-state index in [2.05, 4.69) is 87.6 Å². The van der Waals surface area contributed by atoms with E-state index in [0.717, 1.165) is 24.8 Å². The molecule has 0 amide bonds. The number of ether oxygens (including phenoxy) is 1. The molecule has 0 aliphatic carbocycles. The van der Waals surface area contributed by atoms with E-state index in [4.69, 9.17) is 4.74 Å². The maximum Gasteiger partial charge on any atom is 0.119 e. The van der Waals surface area contributed by atoms with Crippen molar-refractivity contribution in [2.75, 3.05) is 6.54 Å². The quantitative estimate of drug-likeness (QED) is 0.487. The van der Waals surface area contributed by atoms with Crippen molar-refractivity contribution in [2.45, 2.75) is 65.5 Å². The predicted octanol–water partition coefficient (Wildman–Crippen LogP) is 6.17. The first-order chi connectivity index (χ1) is 12.5. The first kappa shape index (κ1) is 20.5. The molecule has 2 aromatic rings. The second-order valence-electron chi connectivity index (χ2n) is 7.85. The first-order valence-corrected chi connectivity index (χ1v) is 10.1. The van der Waals surface area contributed by atoms with Gasteiger partial charge in [-0.2, -0.15) is 0 Å². The molecule has 26 heavy (non-hydrogen) atoms. The lowest BCUT2D eigenvalue weighted by atomic mass is 9.88. The van der Waals surface area contributed by atoms with Crippen LogP contribution in [0.15, 0.2) is 54.6 Å². The van der Waals surface area contributed by atoms with Crippen molar-refractivity contribution in [3.8, 4) is 5.75 Å². The Balaban J connectivity index is 1.89. The molecule has 142 valence electrons. The highest BCUT2D eigenvalue weighted by Crippen LogP contribution is 2.28. The van der Waals surface area contributed by atoms with Crippen molar-refractivity contribution in [2.24, 2.45) is 5.92 Å². The Morgan fingerprint density at radius 2 is 1.50 bits per heavy atom. The molecular weight excluding hydrogens is 318 g/mol. The van der Waals surface area contributed by atoms with Gasteiger partial charge in [0.2, 0.25) is 0 Å². The summed E-state index contributed by atoms with van der Waals surface area (Å²) in [6.07, 6.45) is 3.91. The Labute approximate surface area is 160 Å². The molecule has 2 rings (SSSR count). The zero-order valence-corrected chi connectivity index (χ0v) is 16.9. The third kappa shape index (κ3) is 7.61. The van der Waals surface area contributed by atoms with Gasteiger partial charge >= 0.3 is 0 Å². The van der Waals surface area contributed by atoms with Crippen LogP contribution in [0, 0.1) is 5.92 Å². The first-order valence-electron chi connectivity index (χ1n) is 10.1. The van der Waals surface area contributed by atoms with E-state index < -0.39 is 0 Å². The second-order valence-corrected chi connectivity index (χ2v) is 7.85. The third-order valence-electron chi connectivity index (χ3n) is 4.66. The lowest BCUT2D eigenvalue weighted by Gasteiger charge is -2.20. The SMILES string of the molecule is CC(C)CC[C@H](CCNCc1ccccc1)c1ccc(OC(C)C)cc1. The maximum absolute atomic E-state index is 5.78.